The smallest absolute Gasteiger partial charge is 0.243 e. The molecule has 0 aliphatic rings. The third kappa shape index (κ3) is 3.56. The van der Waals surface area contributed by atoms with Crippen molar-refractivity contribution < 1.29 is 13.2 Å². The molecule has 1 aromatic carbocycles. The van der Waals surface area contributed by atoms with Crippen LogP contribution in [0.25, 0.3) is 0 Å². The summed E-state index contributed by atoms with van der Waals surface area (Å²) in [6.45, 7) is 6.55. The summed E-state index contributed by atoms with van der Waals surface area (Å²) in [7, 11) is -0.117. The number of hydrogen-bond acceptors (Lipinski definition) is 4. The van der Waals surface area contributed by atoms with Gasteiger partial charge in [-0.05, 0) is 45.0 Å². The van der Waals surface area contributed by atoms with Gasteiger partial charge in [0.15, 0.2) is 0 Å². The topological polar surface area (TPSA) is 64.4 Å². The highest BCUT2D eigenvalue weighted by molar-refractivity contribution is 7.89. The number of hydrogen-bond donors (Lipinski definition) is 0. The van der Waals surface area contributed by atoms with Crippen LogP contribution in [-0.2, 0) is 23.6 Å². The second-order valence-corrected chi connectivity index (χ2v) is 7.48. The largest absolute Gasteiger partial charge is 0.494 e. The summed E-state index contributed by atoms with van der Waals surface area (Å²) in [4.78, 5) is 0.252. The molecule has 7 heteroatoms. The van der Waals surface area contributed by atoms with E-state index in [0.29, 0.717) is 18.9 Å². The zero-order chi connectivity index (χ0) is 17.2. The molecule has 0 N–H and O–H groups in total. The van der Waals surface area contributed by atoms with Crippen molar-refractivity contribution in [2.24, 2.45) is 7.05 Å². The molecule has 23 heavy (non-hydrogen) atoms. The highest BCUT2D eigenvalue weighted by atomic mass is 32.2. The van der Waals surface area contributed by atoms with Crippen LogP contribution in [0.15, 0.2) is 29.2 Å². The van der Waals surface area contributed by atoms with E-state index in [0.717, 1.165) is 17.0 Å². The number of aromatic nitrogens is 2. The Morgan fingerprint density at radius 1 is 1.22 bits per heavy atom. The number of benzene rings is 1. The van der Waals surface area contributed by atoms with E-state index in [9.17, 15) is 8.42 Å². The summed E-state index contributed by atoms with van der Waals surface area (Å²) in [6, 6.07) is 6.48. The van der Waals surface area contributed by atoms with Crippen LogP contribution in [0.3, 0.4) is 0 Å². The van der Waals surface area contributed by atoms with Gasteiger partial charge >= 0.3 is 0 Å². The molecule has 0 saturated heterocycles. The molecule has 0 saturated carbocycles. The zero-order valence-corrected chi connectivity index (χ0v) is 15.0. The third-order valence-corrected chi connectivity index (χ3v) is 5.70. The minimum atomic E-state index is -3.55. The number of ether oxygens (including phenoxy) is 1. The number of sulfonamides is 1. The van der Waals surface area contributed by atoms with Crippen LogP contribution in [0.5, 0.6) is 5.75 Å². The third-order valence-electron chi connectivity index (χ3n) is 3.88. The van der Waals surface area contributed by atoms with Crippen molar-refractivity contribution in [2.75, 3.05) is 13.7 Å². The summed E-state index contributed by atoms with van der Waals surface area (Å²) in [6.07, 6.45) is 0. The molecule has 0 spiro atoms. The fourth-order valence-corrected chi connectivity index (χ4v) is 3.55. The summed E-state index contributed by atoms with van der Waals surface area (Å²) < 4.78 is 33.8. The quantitative estimate of drug-likeness (QED) is 0.811. The lowest BCUT2D eigenvalue weighted by atomic mass is 10.2. The Bertz CT molecular complexity index is 780. The molecule has 6 nitrogen and oxygen atoms in total. The Hall–Kier alpha value is -1.86. The maximum Gasteiger partial charge on any atom is 0.243 e. The average Bonchev–Trinajstić information content (AvgIpc) is 2.74. The molecule has 0 fully saturated rings. The highest BCUT2D eigenvalue weighted by Gasteiger charge is 2.23. The van der Waals surface area contributed by atoms with Gasteiger partial charge in [-0.3, -0.25) is 4.68 Å². The number of rotatable bonds is 6. The van der Waals surface area contributed by atoms with Gasteiger partial charge < -0.3 is 4.74 Å². The SMILES string of the molecule is CCOc1ccc(S(=O)(=O)N(C)Cc2c(C)nn(C)c2C)cc1. The van der Waals surface area contributed by atoms with E-state index in [-0.39, 0.29) is 4.90 Å². The molecular weight excluding hydrogens is 314 g/mol. The number of aryl methyl sites for hydroxylation is 2. The van der Waals surface area contributed by atoms with Gasteiger partial charge in [0, 0.05) is 31.9 Å². The lowest BCUT2D eigenvalue weighted by Crippen LogP contribution is -2.27. The average molecular weight is 337 g/mol. The van der Waals surface area contributed by atoms with E-state index in [2.05, 4.69) is 5.10 Å². The summed E-state index contributed by atoms with van der Waals surface area (Å²) >= 11 is 0. The van der Waals surface area contributed by atoms with Gasteiger partial charge in [-0.2, -0.15) is 9.40 Å². The van der Waals surface area contributed by atoms with Crippen molar-refractivity contribution in [1.29, 1.82) is 0 Å². The van der Waals surface area contributed by atoms with Crippen molar-refractivity contribution in [1.82, 2.24) is 14.1 Å². The van der Waals surface area contributed by atoms with Crippen molar-refractivity contribution >= 4 is 10.0 Å². The predicted molar refractivity (Wildman–Crippen MR) is 88.9 cm³/mol. The Balaban J connectivity index is 2.24. The fourth-order valence-electron chi connectivity index (χ4n) is 2.41. The second-order valence-electron chi connectivity index (χ2n) is 5.44. The highest BCUT2D eigenvalue weighted by Crippen LogP contribution is 2.22. The summed E-state index contributed by atoms with van der Waals surface area (Å²) in [5.41, 5.74) is 2.75. The van der Waals surface area contributed by atoms with E-state index < -0.39 is 10.0 Å². The van der Waals surface area contributed by atoms with Crippen molar-refractivity contribution in [3.8, 4) is 5.75 Å². The van der Waals surface area contributed by atoms with Crippen LogP contribution >= 0.6 is 0 Å². The standard InChI is InChI=1S/C16H23N3O3S/c1-6-22-14-7-9-15(10-8-14)23(20,21)18(4)11-16-12(2)17-19(5)13(16)3/h7-10H,6,11H2,1-5H3. The van der Waals surface area contributed by atoms with Gasteiger partial charge in [0.1, 0.15) is 5.75 Å². The van der Waals surface area contributed by atoms with Crippen molar-refractivity contribution in [3.05, 3.63) is 41.2 Å². The minimum Gasteiger partial charge on any atom is -0.494 e. The van der Waals surface area contributed by atoms with Gasteiger partial charge in [0.05, 0.1) is 17.2 Å². The van der Waals surface area contributed by atoms with Gasteiger partial charge in [0.2, 0.25) is 10.0 Å². The van der Waals surface area contributed by atoms with E-state index in [4.69, 9.17) is 4.74 Å². The Labute approximate surface area is 137 Å². The molecular formula is C16H23N3O3S. The maximum atomic E-state index is 12.7. The van der Waals surface area contributed by atoms with Gasteiger partial charge in [-0.25, -0.2) is 8.42 Å². The van der Waals surface area contributed by atoms with Crippen LogP contribution in [0.1, 0.15) is 23.9 Å². The Morgan fingerprint density at radius 2 is 1.83 bits per heavy atom. The predicted octanol–water partition coefficient (Wildman–Crippen LogP) is 2.26. The Morgan fingerprint density at radius 3 is 2.30 bits per heavy atom. The van der Waals surface area contributed by atoms with E-state index >= 15 is 0 Å². The first-order valence-electron chi connectivity index (χ1n) is 7.45. The van der Waals surface area contributed by atoms with E-state index in [1.807, 2.05) is 27.8 Å². The van der Waals surface area contributed by atoms with Crippen LogP contribution in [0.2, 0.25) is 0 Å². The van der Waals surface area contributed by atoms with Crippen LogP contribution < -0.4 is 4.74 Å². The molecule has 2 aromatic rings. The molecule has 2 rings (SSSR count). The first-order valence-corrected chi connectivity index (χ1v) is 8.89. The van der Waals surface area contributed by atoms with Crippen molar-refractivity contribution in [3.63, 3.8) is 0 Å². The van der Waals surface area contributed by atoms with Crippen LogP contribution in [-0.4, -0.2) is 36.2 Å². The molecule has 0 amide bonds. The lowest BCUT2D eigenvalue weighted by Gasteiger charge is -2.18. The summed E-state index contributed by atoms with van der Waals surface area (Å²) in [5.74, 6) is 0.660. The molecule has 1 heterocycles. The maximum absolute atomic E-state index is 12.7. The molecule has 0 bridgehead atoms. The first-order chi connectivity index (χ1) is 10.8. The molecule has 126 valence electrons. The molecule has 1 aromatic heterocycles. The molecule has 0 unspecified atom stereocenters. The summed E-state index contributed by atoms with van der Waals surface area (Å²) in [5, 5.41) is 4.33. The first kappa shape index (κ1) is 17.5. The molecule has 0 radical (unpaired) electrons. The second kappa shape index (κ2) is 6.72. The van der Waals surface area contributed by atoms with E-state index in [1.54, 1.807) is 36.0 Å². The molecule has 0 aliphatic heterocycles. The molecule has 0 atom stereocenters. The van der Waals surface area contributed by atoms with Gasteiger partial charge in [-0.15, -0.1) is 0 Å². The van der Waals surface area contributed by atoms with E-state index in [1.165, 1.54) is 4.31 Å². The fraction of sp³-hybridized carbons (Fsp3) is 0.438. The lowest BCUT2D eigenvalue weighted by molar-refractivity contribution is 0.340. The monoisotopic (exact) mass is 337 g/mol. The van der Waals surface area contributed by atoms with Crippen LogP contribution in [0, 0.1) is 13.8 Å². The molecule has 0 aliphatic carbocycles. The number of nitrogens with zero attached hydrogens (tertiary/aromatic N) is 3. The minimum absolute atomic E-state index is 0.252. The Kier molecular flexibility index (Phi) is 5.11. The van der Waals surface area contributed by atoms with Crippen molar-refractivity contribution in [2.45, 2.75) is 32.2 Å². The zero-order valence-electron chi connectivity index (χ0n) is 14.2. The normalized spacial score (nSPS) is 11.9. The van der Waals surface area contributed by atoms with Crippen LogP contribution in [0.4, 0.5) is 0 Å². The van der Waals surface area contributed by atoms with Gasteiger partial charge in [0.25, 0.3) is 0 Å². The van der Waals surface area contributed by atoms with Gasteiger partial charge in [-0.1, -0.05) is 0 Å².